The highest BCUT2D eigenvalue weighted by atomic mass is 35.5. The molecule has 0 fully saturated rings. The molecule has 0 saturated carbocycles. The number of halogens is 1. The van der Waals surface area contributed by atoms with E-state index in [0.29, 0.717) is 29.6 Å². The van der Waals surface area contributed by atoms with Gasteiger partial charge in [0.05, 0.1) is 19.1 Å². The molecule has 138 valence electrons. The fourth-order valence-corrected chi connectivity index (χ4v) is 3.35. The van der Waals surface area contributed by atoms with Crippen LogP contribution in [0.1, 0.15) is 5.56 Å². The van der Waals surface area contributed by atoms with Crippen molar-refractivity contribution in [1.82, 2.24) is 0 Å². The smallest absolute Gasteiger partial charge is 0.229 e. The third-order valence-electron chi connectivity index (χ3n) is 3.76. The van der Waals surface area contributed by atoms with Crippen LogP contribution in [0.25, 0.3) is 6.08 Å². The highest BCUT2D eigenvalue weighted by Gasteiger charge is 2.13. The molecule has 0 bridgehead atoms. The molecule has 0 radical (unpaired) electrons. The molecule has 2 N–H and O–H groups in total. The predicted molar refractivity (Wildman–Crippen MR) is 105 cm³/mol. The Labute approximate surface area is 157 Å². The highest BCUT2D eigenvalue weighted by Crippen LogP contribution is 2.31. The number of ether oxygens (including phenoxy) is 2. The molecule has 0 spiro atoms. The molecule has 0 unspecified atom stereocenters. The monoisotopic (exact) mass is 394 g/mol. The molecular weight excluding hydrogens is 376 g/mol. The van der Waals surface area contributed by atoms with Gasteiger partial charge in [0.15, 0.2) is 0 Å². The first-order valence-electron chi connectivity index (χ1n) is 7.85. The van der Waals surface area contributed by atoms with Crippen molar-refractivity contribution in [3.05, 3.63) is 52.6 Å². The van der Waals surface area contributed by atoms with Gasteiger partial charge < -0.3 is 14.8 Å². The molecule has 1 aliphatic heterocycles. The van der Waals surface area contributed by atoms with Gasteiger partial charge in [0.25, 0.3) is 0 Å². The summed E-state index contributed by atoms with van der Waals surface area (Å²) in [4.78, 5) is 0. The fourth-order valence-electron chi connectivity index (χ4n) is 2.60. The Morgan fingerprint density at radius 3 is 2.77 bits per heavy atom. The van der Waals surface area contributed by atoms with E-state index in [1.807, 2.05) is 12.1 Å². The fraction of sp³-hybridized carbons (Fsp3) is 0.222. The van der Waals surface area contributed by atoms with Crippen LogP contribution < -0.4 is 19.5 Å². The van der Waals surface area contributed by atoms with Crippen LogP contribution in [-0.2, 0) is 10.0 Å². The normalized spacial score (nSPS) is 13.3. The summed E-state index contributed by atoms with van der Waals surface area (Å²) < 4.78 is 36.2. The molecule has 2 aromatic carbocycles. The van der Waals surface area contributed by atoms with Crippen molar-refractivity contribution >= 4 is 39.1 Å². The number of methoxy groups -OCH3 is 1. The van der Waals surface area contributed by atoms with Crippen molar-refractivity contribution in [3.8, 4) is 11.5 Å². The molecule has 0 atom stereocenters. The van der Waals surface area contributed by atoms with Crippen LogP contribution in [-0.4, -0.2) is 34.9 Å². The molecule has 8 heteroatoms. The zero-order valence-electron chi connectivity index (χ0n) is 14.4. The number of anilines is 2. The number of rotatable bonds is 6. The zero-order chi connectivity index (χ0) is 18.7. The van der Waals surface area contributed by atoms with Gasteiger partial charge in [-0.25, -0.2) is 8.42 Å². The van der Waals surface area contributed by atoms with Crippen molar-refractivity contribution in [2.75, 3.05) is 36.6 Å². The van der Waals surface area contributed by atoms with E-state index in [9.17, 15) is 8.42 Å². The molecule has 26 heavy (non-hydrogen) atoms. The SMILES string of the molecule is COc1cc(NCC2=Cc3cc(Cl)ccc3OC2)ccc1NS(C)(=O)=O. The van der Waals surface area contributed by atoms with E-state index < -0.39 is 10.0 Å². The Morgan fingerprint density at radius 2 is 2.04 bits per heavy atom. The highest BCUT2D eigenvalue weighted by molar-refractivity contribution is 7.92. The molecule has 1 heterocycles. The van der Waals surface area contributed by atoms with E-state index in [1.165, 1.54) is 7.11 Å². The summed E-state index contributed by atoms with van der Waals surface area (Å²) in [6, 6.07) is 10.7. The number of hydrogen-bond donors (Lipinski definition) is 2. The standard InChI is InChI=1S/C18H19ClN2O4S/c1-24-18-9-15(4-5-16(18)21-26(2,22)23)20-10-12-7-13-8-14(19)3-6-17(13)25-11-12/h3-9,20-21H,10-11H2,1-2H3. The first-order valence-corrected chi connectivity index (χ1v) is 10.1. The second-order valence-corrected chi connectivity index (χ2v) is 8.10. The van der Waals surface area contributed by atoms with Crippen LogP contribution >= 0.6 is 11.6 Å². The van der Waals surface area contributed by atoms with Gasteiger partial charge in [-0.2, -0.15) is 0 Å². The maximum Gasteiger partial charge on any atom is 0.229 e. The molecule has 0 aliphatic carbocycles. The molecule has 2 aromatic rings. The van der Waals surface area contributed by atoms with Gasteiger partial charge >= 0.3 is 0 Å². The summed E-state index contributed by atoms with van der Waals surface area (Å²) in [6.07, 6.45) is 3.15. The minimum Gasteiger partial charge on any atom is -0.494 e. The zero-order valence-corrected chi connectivity index (χ0v) is 15.9. The van der Waals surface area contributed by atoms with Gasteiger partial charge in [-0.05, 0) is 42.0 Å². The lowest BCUT2D eigenvalue weighted by atomic mass is 10.1. The second kappa shape index (κ2) is 7.47. The van der Waals surface area contributed by atoms with Gasteiger partial charge in [-0.15, -0.1) is 0 Å². The lowest BCUT2D eigenvalue weighted by Gasteiger charge is -2.19. The van der Waals surface area contributed by atoms with Crippen LogP contribution in [0.15, 0.2) is 42.0 Å². The summed E-state index contributed by atoms with van der Waals surface area (Å²) in [5.41, 5.74) is 3.21. The summed E-state index contributed by atoms with van der Waals surface area (Å²) in [5, 5.41) is 3.95. The van der Waals surface area contributed by atoms with Crippen molar-refractivity contribution < 1.29 is 17.9 Å². The first-order chi connectivity index (χ1) is 12.3. The second-order valence-electron chi connectivity index (χ2n) is 5.92. The Bertz CT molecular complexity index is 958. The number of hydrogen-bond acceptors (Lipinski definition) is 5. The van der Waals surface area contributed by atoms with E-state index >= 15 is 0 Å². The molecule has 6 nitrogen and oxygen atoms in total. The van der Waals surface area contributed by atoms with Crippen molar-refractivity contribution in [3.63, 3.8) is 0 Å². The summed E-state index contributed by atoms with van der Waals surface area (Å²) in [7, 11) is -1.88. The summed E-state index contributed by atoms with van der Waals surface area (Å²) in [5.74, 6) is 1.25. The predicted octanol–water partition coefficient (Wildman–Crippen LogP) is 3.61. The molecule has 0 amide bonds. The molecular formula is C18H19ClN2O4S. The molecule has 0 aromatic heterocycles. The third kappa shape index (κ3) is 4.62. The summed E-state index contributed by atoms with van der Waals surface area (Å²) in [6.45, 7) is 1.07. The van der Waals surface area contributed by atoms with Crippen molar-refractivity contribution in [1.29, 1.82) is 0 Å². The maximum atomic E-state index is 11.4. The Hall–Kier alpha value is -2.38. The van der Waals surface area contributed by atoms with Crippen LogP contribution in [0.3, 0.4) is 0 Å². The number of benzene rings is 2. The van der Waals surface area contributed by atoms with Crippen LogP contribution in [0.4, 0.5) is 11.4 Å². The van der Waals surface area contributed by atoms with E-state index in [4.69, 9.17) is 21.1 Å². The van der Waals surface area contributed by atoms with Gasteiger partial charge in [0, 0.05) is 28.9 Å². The van der Waals surface area contributed by atoms with Gasteiger partial charge in [0.1, 0.15) is 18.1 Å². The summed E-state index contributed by atoms with van der Waals surface area (Å²) >= 11 is 6.03. The number of nitrogens with one attached hydrogen (secondary N) is 2. The molecule has 3 rings (SSSR count). The lowest BCUT2D eigenvalue weighted by molar-refractivity contribution is 0.346. The molecule has 1 aliphatic rings. The quantitative estimate of drug-likeness (QED) is 0.782. The minimum atomic E-state index is -3.37. The first kappa shape index (κ1) is 18.4. The van der Waals surface area contributed by atoms with E-state index in [0.717, 1.165) is 28.8 Å². The van der Waals surface area contributed by atoms with Crippen molar-refractivity contribution in [2.24, 2.45) is 0 Å². The van der Waals surface area contributed by atoms with E-state index in [1.54, 1.807) is 24.3 Å². The van der Waals surface area contributed by atoms with Crippen LogP contribution in [0.2, 0.25) is 5.02 Å². The van der Waals surface area contributed by atoms with Gasteiger partial charge in [-0.3, -0.25) is 4.72 Å². The lowest BCUT2D eigenvalue weighted by Crippen LogP contribution is -2.15. The Morgan fingerprint density at radius 1 is 1.23 bits per heavy atom. The van der Waals surface area contributed by atoms with E-state index in [2.05, 4.69) is 16.1 Å². The number of sulfonamides is 1. The minimum absolute atomic E-state index is 0.393. The maximum absolute atomic E-state index is 11.4. The molecule has 0 saturated heterocycles. The van der Waals surface area contributed by atoms with Crippen molar-refractivity contribution in [2.45, 2.75) is 0 Å². The Balaban J connectivity index is 1.72. The average molecular weight is 395 g/mol. The largest absolute Gasteiger partial charge is 0.494 e. The topological polar surface area (TPSA) is 76.7 Å². The van der Waals surface area contributed by atoms with Crippen LogP contribution in [0, 0.1) is 0 Å². The van der Waals surface area contributed by atoms with Crippen LogP contribution in [0.5, 0.6) is 11.5 Å². The van der Waals surface area contributed by atoms with Gasteiger partial charge in [0.2, 0.25) is 10.0 Å². The average Bonchev–Trinajstić information content (AvgIpc) is 2.59. The van der Waals surface area contributed by atoms with E-state index in [-0.39, 0.29) is 0 Å². The third-order valence-corrected chi connectivity index (χ3v) is 4.59. The number of fused-ring (bicyclic) bond motifs is 1. The Kier molecular flexibility index (Phi) is 5.29. The van der Waals surface area contributed by atoms with Gasteiger partial charge in [-0.1, -0.05) is 11.6 Å².